The molecule has 4 aromatic heterocycles. The van der Waals surface area contributed by atoms with Crippen molar-refractivity contribution >= 4 is 92.9 Å². The van der Waals surface area contributed by atoms with E-state index in [1.165, 1.54) is 16.8 Å². The summed E-state index contributed by atoms with van der Waals surface area (Å²) >= 11 is 0. The van der Waals surface area contributed by atoms with E-state index in [1.54, 1.807) is 0 Å². The van der Waals surface area contributed by atoms with Gasteiger partial charge in [0.15, 0.2) is 5.69 Å². The highest BCUT2D eigenvalue weighted by molar-refractivity contribution is 6.15. The van der Waals surface area contributed by atoms with E-state index in [0.29, 0.717) is 27.8 Å². The van der Waals surface area contributed by atoms with E-state index in [9.17, 15) is 18.4 Å². The topological polar surface area (TPSA) is 47.9 Å². The Morgan fingerprint density at radius 1 is 0.359 bits per heavy atom. The number of rotatable bonds is 6. The van der Waals surface area contributed by atoms with Crippen LogP contribution in [0.2, 0.25) is 0 Å². The van der Waals surface area contributed by atoms with Crippen molar-refractivity contribution in [2.24, 2.45) is 0 Å². The number of benzene rings is 11. The Morgan fingerprint density at radius 3 is 1.17 bits per heavy atom. The summed E-state index contributed by atoms with van der Waals surface area (Å²) in [6.07, 6.45) is -4.63. The molecule has 0 spiro atoms. The molecule has 0 saturated heterocycles. The number of alkyl halides is 3. The predicted octanol–water partition coefficient (Wildman–Crippen LogP) is 18.9. The minimum absolute atomic E-state index is 0.120. The fourth-order valence-electron chi connectivity index (χ4n) is 12.3. The standard InChI is InChI=1S/C69H39F3N6/c1-74-58-38-44(69(70,71)72)28-31-47(58)43-27-33-66(78-64-25-13-7-19-53(64)57-40-46(30-35-68(57)78)76-61-22-10-4-16-50(61)51-17-5-11-23-62(51)76)55(37-43)54-36-42(41-73)26-32-65(54)77-63-24-12-6-18-52(63)56-39-45(29-34-67(56)77)75-59-20-8-2-14-48(59)49-15-3-9-21-60(49)75/h2-40H. The van der Waals surface area contributed by atoms with Crippen LogP contribution in [0, 0.1) is 17.9 Å². The molecule has 0 fully saturated rings. The lowest BCUT2D eigenvalue weighted by Gasteiger charge is -2.20. The molecule has 0 aliphatic rings. The SMILES string of the molecule is [C-]#[N+]c1cc(C(F)(F)F)ccc1-c1ccc(-n2c3ccccc3c3cc(-n4c5ccccc5c5ccccc54)ccc32)c(-c2cc(C#N)ccc2-n2c3ccccc3c3cc(-n4c5ccccc5c5ccccc54)ccc32)c1. The highest BCUT2D eigenvalue weighted by Gasteiger charge is 2.31. The zero-order valence-corrected chi connectivity index (χ0v) is 41.3. The van der Waals surface area contributed by atoms with Crippen molar-refractivity contribution in [1.82, 2.24) is 18.3 Å². The number of hydrogen-bond acceptors (Lipinski definition) is 1. The van der Waals surface area contributed by atoms with Crippen LogP contribution in [-0.4, -0.2) is 18.3 Å². The third-order valence-corrected chi connectivity index (χ3v) is 15.6. The van der Waals surface area contributed by atoms with Crippen LogP contribution in [0.1, 0.15) is 11.1 Å². The molecule has 0 aliphatic carbocycles. The fraction of sp³-hybridized carbons (Fsp3) is 0.0145. The lowest BCUT2D eigenvalue weighted by atomic mass is 9.93. The summed E-state index contributed by atoms with van der Waals surface area (Å²) in [5.74, 6) is 0. The number of nitrogens with zero attached hydrogens (tertiary/aromatic N) is 6. The zero-order valence-electron chi connectivity index (χ0n) is 41.3. The Morgan fingerprint density at radius 2 is 0.744 bits per heavy atom. The largest absolute Gasteiger partial charge is 0.415 e. The second-order valence-electron chi connectivity index (χ2n) is 19.8. The van der Waals surface area contributed by atoms with Crippen LogP contribution >= 0.6 is 0 Å². The minimum atomic E-state index is -4.63. The molecule has 78 heavy (non-hydrogen) atoms. The van der Waals surface area contributed by atoms with E-state index in [2.05, 4.69) is 193 Å². The lowest BCUT2D eigenvalue weighted by Crippen LogP contribution is -2.04. The molecule has 4 heterocycles. The Labute approximate surface area is 443 Å². The van der Waals surface area contributed by atoms with Gasteiger partial charge in [-0.25, -0.2) is 4.85 Å². The first-order valence-corrected chi connectivity index (χ1v) is 25.6. The second kappa shape index (κ2) is 17.0. The van der Waals surface area contributed by atoms with Gasteiger partial charge in [0.25, 0.3) is 0 Å². The maximum atomic E-state index is 14.2. The summed E-state index contributed by atoms with van der Waals surface area (Å²) in [5, 5.41) is 19.5. The first kappa shape index (κ1) is 44.8. The quantitative estimate of drug-likeness (QED) is 0.153. The summed E-state index contributed by atoms with van der Waals surface area (Å²) in [6, 6.07) is 81.0. The zero-order chi connectivity index (χ0) is 52.4. The summed E-state index contributed by atoms with van der Waals surface area (Å²) in [7, 11) is 0. The fourth-order valence-corrected chi connectivity index (χ4v) is 12.3. The Balaban J connectivity index is 1.00. The van der Waals surface area contributed by atoms with Gasteiger partial charge in [-0.3, -0.25) is 0 Å². The van der Waals surface area contributed by atoms with E-state index < -0.39 is 11.7 Å². The van der Waals surface area contributed by atoms with Gasteiger partial charge in [0.05, 0.1) is 73.7 Å². The minimum Gasteiger partial charge on any atom is -0.309 e. The van der Waals surface area contributed by atoms with Gasteiger partial charge >= 0.3 is 6.18 Å². The molecular weight excluding hydrogens is 970 g/mol. The Kier molecular flexibility index (Phi) is 9.75. The number of aromatic nitrogens is 4. The van der Waals surface area contributed by atoms with Crippen LogP contribution in [-0.2, 0) is 6.18 Å². The van der Waals surface area contributed by atoms with Crippen molar-refractivity contribution in [3.8, 4) is 51.1 Å². The van der Waals surface area contributed by atoms with Gasteiger partial charge < -0.3 is 18.3 Å². The molecule has 11 aromatic carbocycles. The van der Waals surface area contributed by atoms with Crippen LogP contribution in [0.3, 0.4) is 0 Å². The van der Waals surface area contributed by atoms with Gasteiger partial charge in [-0.05, 0) is 120 Å². The molecule has 0 radical (unpaired) electrons. The molecule has 0 unspecified atom stereocenters. The Hall–Kier alpha value is -10.6. The van der Waals surface area contributed by atoms with E-state index in [1.807, 2.05) is 54.6 Å². The maximum absolute atomic E-state index is 14.2. The third-order valence-electron chi connectivity index (χ3n) is 15.6. The van der Waals surface area contributed by atoms with Crippen molar-refractivity contribution in [1.29, 1.82) is 5.26 Å². The first-order chi connectivity index (χ1) is 38.2. The van der Waals surface area contributed by atoms with Crippen molar-refractivity contribution < 1.29 is 13.2 Å². The number of para-hydroxylation sites is 6. The Bertz CT molecular complexity index is 5020. The van der Waals surface area contributed by atoms with Gasteiger partial charge in [0, 0.05) is 71.2 Å². The third kappa shape index (κ3) is 6.62. The summed E-state index contributed by atoms with van der Waals surface area (Å²) in [6.45, 7) is 8.13. The number of fused-ring (bicyclic) bond motifs is 12. The average molecular weight is 1010 g/mol. The summed E-state index contributed by atoms with van der Waals surface area (Å²) in [4.78, 5) is 3.65. The van der Waals surface area contributed by atoms with E-state index >= 15 is 0 Å². The van der Waals surface area contributed by atoms with Crippen LogP contribution in [0.25, 0.3) is 137 Å². The monoisotopic (exact) mass is 1010 g/mol. The highest BCUT2D eigenvalue weighted by Crippen LogP contribution is 2.46. The van der Waals surface area contributed by atoms with Crippen LogP contribution in [0.4, 0.5) is 18.9 Å². The molecule has 15 aromatic rings. The molecule has 0 atom stereocenters. The number of nitriles is 1. The van der Waals surface area contributed by atoms with Gasteiger partial charge in [-0.1, -0.05) is 127 Å². The lowest BCUT2D eigenvalue weighted by molar-refractivity contribution is -0.137. The predicted molar refractivity (Wildman–Crippen MR) is 311 cm³/mol. The number of hydrogen-bond donors (Lipinski definition) is 0. The van der Waals surface area contributed by atoms with Crippen molar-refractivity contribution in [2.45, 2.75) is 6.18 Å². The van der Waals surface area contributed by atoms with E-state index in [-0.39, 0.29) is 5.69 Å². The summed E-state index contributed by atoms with van der Waals surface area (Å²) < 4.78 is 51.7. The molecule has 0 amide bonds. The first-order valence-electron chi connectivity index (χ1n) is 25.6. The molecule has 15 rings (SSSR count). The molecule has 0 saturated carbocycles. The molecule has 6 nitrogen and oxygen atoms in total. The average Bonchev–Trinajstić information content (AvgIpc) is 4.30. The summed E-state index contributed by atoms with van der Waals surface area (Å²) in [5.41, 5.74) is 13.5. The van der Waals surface area contributed by atoms with Gasteiger partial charge in [0.1, 0.15) is 0 Å². The highest BCUT2D eigenvalue weighted by atomic mass is 19.4. The second-order valence-corrected chi connectivity index (χ2v) is 19.8. The van der Waals surface area contributed by atoms with Gasteiger partial charge in [-0.2, -0.15) is 18.4 Å². The number of halogens is 3. The molecule has 0 aliphatic heterocycles. The van der Waals surface area contributed by atoms with Crippen LogP contribution < -0.4 is 0 Å². The van der Waals surface area contributed by atoms with E-state index in [4.69, 9.17) is 6.57 Å². The van der Waals surface area contributed by atoms with Crippen LogP contribution in [0.15, 0.2) is 237 Å². The molecule has 366 valence electrons. The van der Waals surface area contributed by atoms with Gasteiger partial charge in [0.2, 0.25) is 0 Å². The van der Waals surface area contributed by atoms with Crippen molar-refractivity contribution in [3.63, 3.8) is 0 Å². The maximum Gasteiger partial charge on any atom is 0.415 e. The smallest absolute Gasteiger partial charge is 0.309 e. The molecular formula is C69H39F3N6. The molecule has 9 heteroatoms. The van der Waals surface area contributed by atoms with Crippen molar-refractivity contribution in [2.75, 3.05) is 0 Å². The van der Waals surface area contributed by atoms with Crippen molar-refractivity contribution in [3.05, 3.63) is 259 Å². The van der Waals surface area contributed by atoms with E-state index in [0.717, 1.165) is 111 Å². The molecule has 0 bridgehead atoms. The normalized spacial score (nSPS) is 12.0. The van der Waals surface area contributed by atoms with Crippen LogP contribution in [0.5, 0.6) is 0 Å². The molecule has 0 N–H and O–H groups in total. The van der Waals surface area contributed by atoms with Gasteiger partial charge in [-0.15, -0.1) is 0 Å².